The number of hydrogen-bond donors (Lipinski definition) is 2. The summed E-state index contributed by atoms with van der Waals surface area (Å²) in [5.74, 6) is -4.77. The molecule has 2 atom stereocenters. The van der Waals surface area contributed by atoms with E-state index in [-0.39, 0.29) is 11.1 Å². The lowest BCUT2D eigenvalue weighted by Crippen LogP contribution is -2.48. The average molecular weight is 628 g/mol. The van der Waals surface area contributed by atoms with E-state index >= 15 is 0 Å². The van der Waals surface area contributed by atoms with E-state index in [9.17, 15) is 24.3 Å². The van der Waals surface area contributed by atoms with E-state index in [1.165, 1.54) is 48.5 Å². The molecule has 0 fully saturated rings. The molecule has 0 aliphatic rings. The molecule has 0 aromatic heterocycles. The number of amides is 1. The first-order valence-corrected chi connectivity index (χ1v) is 11.7. The molecule has 0 saturated heterocycles. The lowest BCUT2D eigenvalue weighted by atomic mass is 10.1. The Bertz CT molecular complexity index is 1230. The standard InChI is InChI=1S/C24H16Cl2INO7/c25-15-5-1-13(2-6-15)23(32)34-19(21(29)28-18-11-9-17(27)10-12-18)20(22(30)31)35-24(33)14-3-7-16(26)8-4-14/h1-12,19-20H,(H,28,29)(H,30,31)/t19-,20-/m1/s1. The Morgan fingerprint density at radius 3 is 1.57 bits per heavy atom. The van der Waals surface area contributed by atoms with E-state index in [1.54, 1.807) is 24.3 Å². The van der Waals surface area contributed by atoms with Crippen LogP contribution in [0.15, 0.2) is 72.8 Å². The fourth-order valence-electron chi connectivity index (χ4n) is 2.78. The molecular weight excluding hydrogens is 612 g/mol. The van der Waals surface area contributed by atoms with E-state index in [4.69, 9.17) is 32.7 Å². The molecule has 0 saturated carbocycles. The highest BCUT2D eigenvalue weighted by Crippen LogP contribution is 2.18. The van der Waals surface area contributed by atoms with Crippen molar-refractivity contribution in [1.82, 2.24) is 0 Å². The van der Waals surface area contributed by atoms with E-state index in [0.29, 0.717) is 15.7 Å². The Morgan fingerprint density at radius 2 is 1.14 bits per heavy atom. The summed E-state index contributed by atoms with van der Waals surface area (Å²) in [5.41, 5.74) is 0.312. The Hall–Kier alpha value is -3.15. The van der Waals surface area contributed by atoms with E-state index in [2.05, 4.69) is 27.9 Å². The van der Waals surface area contributed by atoms with Gasteiger partial charge in [-0.1, -0.05) is 23.2 Å². The number of ether oxygens (including phenoxy) is 2. The summed E-state index contributed by atoms with van der Waals surface area (Å²) in [5, 5.41) is 13.0. The third kappa shape index (κ3) is 7.41. The molecule has 0 heterocycles. The number of carbonyl (C=O) groups is 4. The molecule has 0 bridgehead atoms. The molecule has 3 aromatic carbocycles. The van der Waals surface area contributed by atoms with Gasteiger partial charge in [0.25, 0.3) is 5.91 Å². The second-order valence-electron chi connectivity index (χ2n) is 7.00. The van der Waals surface area contributed by atoms with Crippen LogP contribution in [0, 0.1) is 3.57 Å². The number of carbonyl (C=O) groups excluding carboxylic acids is 3. The van der Waals surface area contributed by atoms with Crippen molar-refractivity contribution in [2.24, 2.45) is 0 Å². The molecule has 0 radical (unpaired) electrons. The highest BCUT2D eigenvalue weighted by atomic mass is 127. The third-order valence-corrected chi connectivity index (χ3v) is 5.74. The van der Waals surface area contributed by atoms with Crippen LogP contribution < -0.4 is 5.32 Å². The summed E-state index contributed by atoms with van der Waals surface area (Å²) in [7, 11) is 0. The van der Waals surface area contributed by atoms with Crippen LogP contribution in [0.4, 0.5) is 5.69 Å². The Labute approximate surface area is 223 Å². The molecular formula is C24H16Cl2INO7. The molecule has 3 rings (SSSR count). The molecule has 3 aromatic rings. The minimum atomic E-state index is -2.15. The van der Waals surface area contributed by atoms with Gasteiger partial charge in [0.2, 0.25) is 12.2 Å². The SMILES string of the molecule is O=C(O[C@@H](C(=O)O)[C@@H](OC(=O)c1ccc(Cl)cc1)C(=O)Nc1ccc(I)cc1)c1ccc(Cl)cc1. The zero-order chi connectivity index (χ0) is 25.5. The average Bonchev–Trinajstić information content (AvgIpc) is 2.83. The number of hydrogen-bond acceptors (Lipinski definition) is 6. The Kier molecular flexibility index (Phi) is 9.07. The molecule has 0 spiro atoms. The summed E-state index contributed by atoms with van der Waals surface area (Å²) < 4.78 is 11.2. The highest BCUT2D eigenvalue weighted by molar-refractivity contribution is 14.1. The van der Waals surface area contributed by atoms with Crippen molar-refractivity contribution >= 4 is 75.3 Å². The summed E-state index contributed by atoms with van der Waals surface area (Å²) >= 11 is 13.7. The quantitative estimate of drug-likeness (QED) is 0.264. The molecule has 0 aliphatic heterocycles. The fourth-order valence-corrected chi connectivity index (χ4v) is 3.39. The summed E-state index contributed by atoms with van der Waals surface area (Å²) in [6.45, 7) is 0. The van der Waals surface area contributed by atoms with Crippen LogP contribution in [0.5, 0.6) is 0 Å². The largest absolute Gasteiger partial charge is 0.478 e. The summed E-state index contributed by atoms with van der Waals surface area (Å²) in [6, 6.07) is 17.6. The fraction of sp³-hybridized carbons (Fsp3) is 0.0833. The minimum absolute atomic E-state index is 0.00892. The number of carboxylic acid groups (broad SMARTS) is 1. The lowest BCUT2D eigenvalue weighted by molar-refractivity contribution is -0.157. The van der Waals surface area contributed by atoms with Crippen LogP contribution in [0.2, 0.25) is 10.0 Å². The van der Waals surface area contributed by atoms with Crippen LogP contribution in [0.1, 0.15) is 20.7 Å². The summed E-state index contributed by atoms with van der Waals surface area (Å²) in [6.07, 6.45) is -4.18. The zero-order valence-corrected chi connectivity index (χ0v) is 21.3. The van der Waals surface area contributed by atoms with Gasteiger partial charge in [-0.05, 0) is 95.4 Å². The predicted molar refractivity (Wildman–Crippen MR) is 137 cm³/mol. The van der Waals surface area contributed by atoms with Crippen LogP contribution >= 0.6 is 45.8 Å². The molecule has 11 heteroatoms. The molecule has 180 valence electrons. The van der Waals surface area contributed by atoms with Gasteiger partial charge in [0.1, 0.15) is 0 Å². The van der Waals surface area contributed by atoms with Gasteiger partial charge in [0.15, 0.2) is 0 Å². The lowest BCUT2D eigenvalue weighted by Gasteiger charge is -2.23. The van der Waals surface area contributed by atoms with Gasteiger partial charge in [-0.15, -0.1) is 0 Å². The first kappa shape index (κ1) is 26.5. The molecule has 1 amide bonds. The molecule has 0 aliphatic carbocycles. The predicted octanol–water partition coefficient (Wildman–Crippen LogP) is 5.07. The van der Waals surface area contributed by atoms with Gasteiger partial charge >= 0.3 is 17.9 Å². The number of esters is 2. The second-order valence-corrected chi connectivity index (χ2v) is 9.12. The first-order valence-electron chi connectivity index (χ1n) is 9.86. The zero-order valence-electron chi connectivity index (χ0n) is 17.6. The molecule has 2 N–H and O–H groups in total. The maximum Gasteiger partial charge on any atom is 0.349 e. The normalized spacial score (nSPS) is 12.2. The van der Waals surface area contributed by atoms with Crippen LogP contribution in [0.25, 0.3) is 0 Å². The highest BCUT2D eigenvalue weighted by Gasteiger charge is 2.41. The smallest absolute Gasteiger partial charge is 0.349 e. The molecule has 35 heavy (non-hydrogen) atoms. The van der Waals surface area contributed by atoms with Gasteiger partial charge in [0.05, 0.1) is 11.1 Å². The maximum atomic E-state index is 13.0. The third-order valence-electron chi connectivity index (χ3n) is 4.52. The topological polar surface area (TPSA) is 119 Å². The van der Waals surface area contributed by atoms with Crippen molar-refractivity contribution in [1.29, 1.82) is 0 Å². The van der Waals surface area contributed by atoms with Crippen LogP contribution in [-0.4, -0.2) is 41.1 Å². The number of anilines is 1. The van der Waals surface area contributed by atoms with Crippen LogP contribution in [-0.2, 0) is 19.1 Å². The van der Waals surface area contributed by atoms with E-state index in [1.807, 2.05) is 0 Å². The van der Waals surface area contributed by atoms with Gasteiger partial charge in [-0.2, -0.15) is 0 Å². The Balaban J connectivity index is 1.90. The van der Waals surface area contributed by atoms with Crippen molar-refractivity contribution in [3.63, 3.8) is 0 Å². The van der Waals surface area contributed by atoms with Crippen molar-refractivity contribution < 1.29 is 33.8 Å². The number of carboxylic acids is 1. The second kappa shape index (κ2) is 12.0. The summed E-state index contributed by atoms with van der Waals surface area (Å²) in [4.78, 5) is 50.3. The van der Waals surface area contributed by atoms with E-state index < -0.39 is 36.0 Å². The first-order chi connectivity index (χ1) is 16.6. The van der Waals surface area contributed by atoms with Gasteiger partial charge in [-0.3, -0.25) is 4.79 Å². The maximum absolute atomic E-state index is 13.0. The van der Waals surface area contributed by atoms with Crippen molar-refractivity contribution in [3.8, 4) is 0 Å². The van der Waals surface area contributed by atoms with E-state index in [0.717, 1.165) is 3.57 Å². The van der Waals surface area contributed by atoms with Crippen LogP contribution in [0.3, 0.4) is 0 Å². The van der Waals surface area contributed by atoms with Crippen molar-refractivity contribution in [2.75, 3.05) is 5.32 Å². The van der Waals surface area contributed by atoms with Gasteiger partial charge in [-0.25, -0.2) is 14.4 Å². The number of aliphatic carboxylic acids is 1. The number of benzene rings is 3. The molecule has 0 unspecified atom stereocenters. The minimum Gasteiger partial charge on any atom is -0.478 e. The van der Waals surface area contributed by atoms with Crippen molar-refractivity contribution in [3.05, 3.63) is 97.5 Å². The number of nitrogens with one attached hydrogen (secondary N) is 1. The molecule has 8 nitrogen and oxygen atoms in total. The number of rotatable bonds is 8. The number of halogens is 3. The van der Waals surface area contributed by atoms with Gasteiger partial charge in [0, 0.05) is 19.3 Å². The Morgan fingerprint density at radius 1 is 0.714 bits per heavy atom. The van der Waals surface area contributed by atoms with Gasteiger partial charge < -0.3 is 19.9 Å². The monoisotopic (exact) mass is 627 g/mol. The van der Waals surface area contributed by atoms with Crippen molar-refractivity contribution in [2.45, 2.75) is 12.2 Å².